The van der Waals surface area contributed by atoms with Crippen LogP contribution in [0, 0.1) is 0 Å². The summed E-state index contributed by atoms with van der Waals surface area (Å²) in [5.74, 6) is 0.336. The van der Waals surface area contributed by atoms with E-state index in [-0.39, 0.29) is 30.6 Å². The van der Waals surface area contributed by atoms with Crippen LogP contribution in [0.15, 0.2) is 24.3 Å². The average Bonchev–Trinajstić information content (AvgIpc) is 2.82. The van der Waals surface area contributed by atoms with Crippen LogP contribution in [0.4, 0.5) is 4.79 Å². The summed E-state index contributed by atoms with van der Waals surface area (Å²) in [5.41, 5.74) is -0.242. The smallest absolute Gasteiger partial charge is 0.326 e. The summed E-state index contributed by atoms with van der Waals surface area (Å²) in [6, 6.07) is 7.20. The molecule has 29 heavy (non-hydrogen) atoms. The molecule has 1 aliphatic rings. The number of hydrogen-bond acceptors (Lipinski definition) is 5. The third-order valence-corrected chi connectivity index (χ3v) is 4.73. The summed E-state index contributed by atoms with van der Waals surface area (Å²) in [5, 5.41) is 5.67. The summed E-state index contributed by atoms with van der Waals surface area (Å²) in [4.78, 5) is 40.2. The largest absolute Gasteiger partial charge is 0.497 e. The highest BCUT2D eigenvalue weighted by Gasteiger charge is 2.47. The van der Waals surface area contributed by atoms with Gasteiger partial charge in [0.15, 0.2) is 0 Å². The van der Waals surface area contributed by atoms with Gasteiger partial charge in [-0.1, -0.05) is 12.1 Å². The van der Waals surface area contributed by atoms with Gasteiger partial charge >= 0.3 is 6.03 Å². The standard InChI is InChI=1S/C21H32N4O4/c1-20(2,3)22-17(26)13-24(5)14-25-18(27)21(4,23-19(25)28)12-11-15-7-9-16(29-6)10-8-15/h7-10H,11-14H2,1-6H3,(H,22,26)(H,23,28)/t21-/m1/s1. The van der Waals surface area contributed by atoms with Gasteiger partial charge in [0.05, 0.1) is 20.3 Å². The molecular formula is C21H32N4O4. The lowest BCUT2D eigenvalue weighted by atomic mass is 9.93. The van der Waals surface area contributed by atoms with E-state index in [1.807, 2.05) is 45.0 Å². The van der Waals surface area contributed by atoms with Gasteiger partial charge in [-0.05, 0) is 65.3 Å². The van der Waals surface area contributed by atoms with Crippen molar-refractivity contribution < 1.29 is 19.1 Å². The van der Waals surface area contributed by atoms with Gasteiger partial charge in [-0.3, -0.25) is 14.5 Å². The first kappa shape index (κ1) is 22.7. The van der Waals surface area contributed by atoms with Crippen LogP contribution in [0.3, 0.4) is 0 Å². The van der Waals surface area contributed by atoms with Gasteiger partial charge in [-0.15, -0.1) is 0 Å². The minimum atomic E-state index is -0.967. The predicted molar refractivity (Wildman–Crippen MR) is 110 cm³/mol. The minimum absolute atomic E-state index is 0.0559. The lowest BCUT2D eigenvalue weighted by molar-refractivity contribution is -0.133. The number of amides is 4. The molecule has 0 aliphatic carbocycles. The van der Waals surface area contributed by atoms with E-state index in [1.165, 1.54) is 4.90 Å². The highest BCUT2D eigenvalue weighted by atomic mass is 16.5. The molecule has 0 spiro atoms. The van der Waals surface area contributed by atoms with Crippen LogP contribution in [-0.4, -0.2) is 66.1 Å². The Morgan fingerprint density at radius 2 is 1.86 bits per heavy atom. The molecule has 160 valence electrons. The van der Waals surface area contributed by atoms with Crippen molar-refractivity contribution in [1.82, 2.24) is 20.4 Å². The lowest BCUT2D eigenvalue weighted by Gasteiger charge is -2.26. The molecule has 2 N–H and O–H groups in total. The molecule has 8 nitrogen and oxygen atoms in total. The molecule has 1 aromatic rings. The molecule has 0 radical (unpaired) electrons. The van der Waals surface area contributed by atoms with Crippen molar-refractivity contribution in [2.45, 2.75) is 51.6 Å². The predicted octanol–water partition coefficient (Wildman–Crippen LogP) is 1.74. The van der Waals surface area contributed by atoms with Crippen molar-refractivity contribution >= 4 is 17.8 Å². The topological polar surface area (TPSA) is 91.0 Å². The Kier molecular flexibility index (Phi) is 6.89. The second-order valence-electron chi connectivity index (χ2n) is 8.80. The molecule has 4 amide bonds. The van der Waals surface area contributed by atoms with Gasteiger partial charge < -0.3 is 15.4 Å². The highest BCUT2D eigenvalue weighted by Crippen LogP contribution is 2.24. The van der Waals surface area contributed by atoms with Crippen LogP contribution in [0.1, 0.15) is 39.7 Å². The molecule has 1 heterocycles. The number of urea groups is 1. The molecule has 0 aromatic heterocycles. The van der Waals surface area contributed by atoms with Crippen molar-refractivity contribution in [3.05, 3.63) is 29.8 Å². The minimum Gasteiger partial charge on any atom is -0.497 e. The summed E-state index contributed by atoms with van der Waals surface area (Å²) in [7, 11) is 3.32. The van der Waals surface area contributed by atoms with Crippen molar-refractivity contribution in [3.63, 3.8) is 0 Å². The van der Waals surface area contributed by atoms with Crippen LogP contribution in [0.5, 0.6) is 5.75 Å². The Labute approximate surface area is 172 Å². The molecule has 0 bridgehead atoms. The van der Waals surface area contributed by atoms with Crippen LogP contribution in [-0.2, 0) is 16.0 Å². The molecule has 1 atom stereocenters. The number of methoxy groups -OCH3 is 1. The van der Waals surface area contributed by atoms with E-state index in [9.17, 15) is 14.4 Å². The van der Waals surface area contributed by atoms with E-state index in [0.717, 1.165) is 11.3 Å². The Morgan fingerprint density at radius 3 is 2.41 bits per heavy atom. The van der Waals surface area contributed by atoms with Gasteiger partial charge in [-0.25, -0.2) is 9.69 Å². The molecule has 1 fully saturated rings. The lowest BCUT2D eigenvalue weighted by Crippen LogP contribution is -2.48. The van der Waals surface area contributed by atoms with E-state index in [0.29, 0.717) is 12.8 Å². The Hall–Kier alpha value is -2.61. The fourth-order valence-electron chi connectivity index (χ4n) is 3.23. The fourth-order valence-corrected chi connectivity index (χ4v) is 3.23. The van der Waals surface area contributed by atoms with Gasteiger partial charge in [-0.2, -0.15) is 0 Å². The van der Waals surface area contributed by atoms with Crippen molar-refractivity contribution in [3.8, 4) is 5.75 Å². The van der Waals surface area contributed by atoms with E-state index in [2.05, 4.69) is 10.6 Å². The number of nitrogens with zero attached hydrogens (tertiary/aromatic N) is 2. The number of carbonyl (C=O) groups excluding carboxylic acids is 3. The van der Waals surface area contributed by atoms with Crippen LogP contribution >= 0.6 is 0 Å². The zero-order valence-corrected chi connectivity index (χ0v) is 18.2. The number of imide groups is 1. The molecule has 1 aliphatic heterocycles. The number of benzene rings is 1. The maximum atomic E-state index is 12.9. The normalized spacial score (nSPS) is 19.5. The highest BCUT2D eigenvalue weighted by molar-refractivity contribution is 6.06. The number of ether oxygens (including phenoxy) is 1. The van der Waals surface area contributed by atoms with E-state index in [1.54, 1.807) is 26.0 Å². The second kappa shape index (κ2) is 8.82. The summed E-state index contributed by atoms with van der Waals surface area (Å²) in [6.07, 6.45) is 1.12. The fraction of sp³-hybridized carbons (Fsp3) is 0.571. The molecule has 1 aromatic carbocycles. The Bertz CT molecular complexity index is 757. The van der Waals surface area contributed by atoms with Gasteiger partial charge in [0.2, 0.25) is 5.91 Å². The SMILES string of the molecule is COc1ccc(CC[C@@]2(C)NC(=O)N(CN(C)CC(=O)NC(C)(C)C)C2=O)cc1. The zero-order chi connectivity index (χ0) is 21.8. The number of aryl methyl sites for hydroxylation is 1. The molecule has 0 saturated carbocycles. The summed E-state index contributed by atoms with van der Waals surface area (Å²) >= 11 is 0. The zero-order valence-electron chi connectivity index (χ0n) is 18.2. The first-order chi connectivity index (χ1) is 13.4. The Morgan fingerprint density at radius 1 is 1.24 bits per heavy atom. The number of rotatable bonds is 8. The first-order valence-electron chi connectivity index (χ1n) is 9.70. The van der Waals surface area contributed by atoms with E-state index < -0.39 is 11.6 Å². The molecular weight excluding hydrogens is 372 g/mol. The summed E-state index contributed by atoms with van der Waals surface area (Å²) in [6.45, 7) is 7.59. The quantitative estimate of drug-likeness (QED) is 0.644. The third-order valence-electron chi connectivity index (χ3n) is 4.73. The van der Waals surface area contributed by atoms with Crippen LogP contribution < -0.4 is 15.4 Å². The van der Waals surface area contributed by atoms with Gasteiger partial charge in [0, 0.05) is 5.54 Å². The van der Waals surface area contributed by atoms with E-state index in [4.69, 9.17) is 4.74 Å². The number of nitrogens with one attached hydrogen (secondary N) is 2. The van der Waals surface area contributed by atoms with Gasteiger partial charge in [0.1, 0.15) is 11.3 Å². The van der Waals surface area contributed by atoms with E-state index >= 15 is 0 Å². The number of hydrogen-bond donors (Lipinski definition) is 2. The first-order valence-corrected chi connectivity index (χ1v) is 9.70. The van der Waals surface area contributed by atoms with Crippen molar-refractivity contribution in [2.75, 3.05) is 27.4 Å². The van der Waals surface area contributed by atoms with Crippen molar-refractivity contribution in [1.29, 1.82) is 0 Å². The van der Waals surface area contributed by atoms with Crippen LogP contribution in [0.2, 0.25) is 0 Å². The molecule has 1 saturated heterocycles. The average molecular weight is 405 g/mol. The number of likely N-dealkylation sites (N-methyl/N-ethyl adjacent to an activating group) is 1. The molecule has 0 unspecified atom stereocenters. The van der Waals surface area contributed by atoms with Crippen molar-refractivity contribution in [2.24, 2.45) is 0 Å². The van der Waals surface area contributed by atoms with Gasteiger partial charge in [0.25, 0.3) is 5.91 Å². The Balaban J connectivity index is 1.94. The third kappa shape index (κ3) is 6.19. The maximum absolute atomic E-state index is 12.9. The van der Waals surface area contributed by atoms with Crippen LogP contribution in [0.25, 0.3) is 0 Å². The molecule has 2 rings (SSSR count). The maximum Gasteiger partial charge on any atom is 0.326 e. The molecule has 8 heteroatoms. The summed E-state index contributed by atoms with van der Waals surface area (Å²) < 4.78 is 5.15. The second-order valence-corrected chi connectivity index (χ2v) is 8.80. The number of carbonyl (C=O) groups is 3. The monoisotopic (exact) mass is 404 g/mol.